The van der Waals surface area contributed by atoms with Crippen LogP contribution in [0.3, 0.4) is 0 Å². The van der Waals surface area contributed by atoms with Gasteiger partial charge in [-0.3, -0.25) is 4.79 Å². The summed E-state index contributed by atoms with van der Waals surface area (Å²) in [5, 5.41) is 2.66. The van der Waals surface area contributed by atoms with Gasteiger partial charge in [-0.25, -0.2) is 9.18 Å². The first-order valence-electron chi connectivity index (χ1n) is 8.41. The summed E-state index contributed by atoms with van der Waals surface area (Å²) in [5.41, 5.74) is 1.84. The van der Waals surface area contributed by atoms with Crippen molar-refractivity contribution < 1.29 is 23.5 Å². The lowest BCUT2D eigenvalue weighted by atomic mass is 9.99. The van der Waals surface area contributed by atoms with Crippen molar-refractivity contribution in [2.75, 3.05) is 18.5 Å². The highest BCUT2D eigenvalue weighted by Crippen LogP contribution is 2.20. The van der Waals surface area contributed by atoms with Crippen molar-refractivity contribution in [2.24, 2.45) is 0 Å². The van der Waals surface area contributed by atoms with Crippen molar-refractivity contribution in [1.82, 2.24) is 0 Å². The van der Waals surface area contributed by atoms with Gasteiger partial charge in [-0.1, -0.05) is 26.0 Å². The van der Waals surface area contributed by atoms with E-state index in [0.717, 1.165) is 6.42 Å². The number of benzene rings is 2. The summed E-state index contributed by atoms with van der Waals surface area (Å²) < 4.78 is 22.8. The monoisotopic (exact) mass is 359 g/mol. The van der Waals surface area contributed by atoms with Crippen LogP contribution < -0.4 is 10.1 Å². The maximum atomic E-state index is 12.8. The minimum absolute atomic E-state index is 0.342. The molecule has 0 heterocycles. The molecule has 2 rings (SSSR count). The molecule has 0 aliphatic heterocycles. The average molecular weight is 359 g/mol. The molecule has 2 aromatic carbocycles. The van der Waals surface area contributed by atoms with Crippen molar-refractivity contribution in [3.8, 4) is 5.75 Å². The molecule has 0 aromatic heterocycles. The van der Waals surface area contributed by atoms with Crippen molar-refractivity contribution in [1.29, 1.82) is 0 Å². The number of anilines is 1. The van der Waals surface area contributed by atoms with Crippen molar-refractivity contribution in [3.05, 3.63) is 59.9 Å². The van der Waals surface area contributed by atoms with E-state index in [9.17, 15) is 14.0 Å². The number of nitrogens with one attached hydrogen (secondary N) is 1. The van der Waals surface area contributed by atoms with Crippen LogP contribution >= 0.6 is 0 Å². The summed E-state index contributed by atoms with van der Waals surface area (Å²) in [7, 11) is 0. The molecule has 0 aliphatic rings. The summed E-state index contributed by atoms with van der Waals surface area (Å²) in [6.45, 7) is 3.50. The number of carbonyl (C=O) groups is 2. The Kier molecular flexibility index (Phi) is 7.14. The maximum absolute atomic E-state index is 12.8. The highest BCUT2D eigenvalue weighted by molar-refractivity contribution is 5.92. The SMILES string of the molecule is CC[C@H](C)c1ccc(NC(=O)COC(=O)COc2ccc(F)cc2)cc1. The number of hydrogen-bond acceptors (Lipinski definition) is 4. The predicted octanol–water partition coefficient (Wildman–Crippen LogP) is 3.90. The third-order valence-electron chi connectivity index (χ3n) is 3.91. The summed E-state index contributed by atoms with van der Waals surface area (Å²) in [6, 6.07) is 12.8. The van der Waals surface area contributed by atoms with Crippen molar-refractivity contribution in [2.45, 2.75) is 26.2 Å². The van der Waals surface area contributed by atoms with Gasteiger partial charge in [-0.05, 0) is 54.3 Å². The molecule has 0 saturated heterocycles. The molecule has 0 saturated carbocycles. The van der Waals surface area contributed by atoms with Crippen LogP contribution in [0.5, 0.6) is 5.75 Å². The zero-order chi connectivity index (χ0) is 18.9. The third-order valence-corrected chi connectivity index (χ3v) is 3.91. The van der Waals surface area contributed by atoms with Crippen LogP contribution in [0, 0.1) is 5.82 Å². The summed E-state index contributed by atoms with van der Waals surface area (Å²) in [4.78, 5) is 23.4. The molecule has 0 fully saturated rings. The standard InChI is InChI=1S/C20H22FNO4/c1-3-14(2)15-4-8-17(9-5-15)22-19(23)12-26-20(24)13-25-18-10-6-16(21)7-11-18/h4-11,14H,3,12-13H2,1-2H3,(H,22,23)/t14-/m0/s1. The minimum Gasteiger partial charge on any atom is -0.482 e. The van der Waals surface area contributed by atoms with E-state index in [1.807, 2.05) is 24.3 Å². The smallest absolute Gasteiger partial charge is 0.344 e. The number of esters is 1. The van der Waals surface area contributed by atoms with Gasteiger partial charge in [-0.2, -0.15) is 0 Å². The fourth-order valence-corrected chi connectivity index (χ4v) is 2.19. The Morgan fingerprint density at radius 2 is 1.69 bits per heavy atom. The number of carbonyl (C=O) groups excluding carboxylic acids is 2. The third kappa shape index (κ3) is 6.20. The molecule has 1 amide bonds. The lowest BCUT2D eigenvalue weighted by molar-refractivity contribution is -0.149. The molecule has 0 unspecified atom stereocenters. The number of rotatable bonds is 8. The molecule has 2 aromatic rings. The average Bonchev–Trinajstić information content (AvgIpc) is 2.66. The number of ether oxygens (including phenoxy) is 2. The van der Waals surface area contributed by atoms with Crippen LogP contribution in [0.15, 0.2) is 48.5 Å². The Morgan fingerprint density at radius 3 is 2.31 bits per heavy atom. The van der Waals surface area contributed by atoms with E-state index in [-0.39, 0.29) is 6.61 Å². The zero-order valence-corrected chi connectivity index (χ0v) is 14.8. The van der Waals surface area contributed by atoms with E-state index >= 15 is 0 Å². The van der Waals surface area contributed by atoms with Gasteiger partial charge in [-0.15, -0.1) is 0 Å². The van der Waals surface area contributed by atoms with Gasteiger partial charge >= 0.3 is 5.97 Å². The normalized spacial score (nSPS) is 11.5. The second-order valence-electron chi connectivity index (χ2n) is 5.88. The Hall–Kier alpha value is -2.89. The Balaban J connectivity index is 1.72. The first kappa shape index (κ1) is 19.4. The first-order chi connectivity index (χ1) is 12.5. The lowest BCUT2D eigenvalue weighted by Crippen LogP contribution is -2.23. The molecule has 0 aliphatic carbocycles. The molecule has 26 heavy (non-hydrogen) atoms. The number of halogens is 1. The van der Waals surface area contributed by atoms with Gasteiger partial charge in [0.05, 0.1) is 0 Å². The summed E-state index contributed by atoms with van der Waals surface area (Å²) in [5.74, 6) is -0.710. The zero-order valence-electron chi connectivity index (χ0n) is 14.8. The van der Waals surface area contributed by atoms with E-state index < -0.39 is 24.3 Å². The Bertz CT molecular complexity index is 728. The van der Waals surface area contributed by atoms with Crippen molar-refractivity contribution >= 4 is 17.6 Å². The van der Waals surface area contributed by atoms with Crippen LogP contribution in [0.1, 0.15) is 31.7 Å². The molecule has 5 nitrogen and oxygen atoms in total. The van der Waals surface area contributed by atoms with Gasteiger partial charge in [0.25, 0.3) is 5.91 Å². The molecular weight excluding hydrogens is 337 g/mol. The van der Waals surface area contributed by atoms with Crippen LogP contribution in [0.25, 0.3) is 0 Å². The van der Waals surface area contributed by atoms with E-state index in [2.05, 4.69) is 19.2 Å². The highest BCUT2D eigenvalue weighted by atomic mass is 19.1. The molecule has 1 atom stereocenters. The van der Waals surface area contributed by atoms with Gasteiger partial charge in [0.15, 0.2) is 13.2 Å². The van der Waals surface area contributed by atoms with Crippen LogP contribution in [0.2, 0.25) is 0 Å². The Labute approximate surface area is 152 Å². The molecular formula is C20H22FNO4. The molecule has 6 heteroatoms. The van der Waals surface area contributed by atoms with E-state index in [1.54, 1.807) is 0 Å². The quantitative estimate of drug-likeness (QED) is 0.726. The molecule has 0 radical (unpaired) electrons. The molecule has 138 valence electrons. The van der Waals surface area contributed by atoms with Gasteiger partial charge in [0, 0.05) is 5.69 Å². The van der Waals surface area contributed by atoms with Crippen LogP contribution in [-0.4, -0.2) is 25.1 Å². The van der Waals surface area contributed by atoms with Crippen LogP contribution in [-0.2, 0) is 14.3 Å². The molecule has 0 bridgehead atoms. The fourth-order valence-electron chi connectivity index (χ4n) is 2.19. The predicted molar refractivity (Wildman–Crippen MR) is 96.6 cm³/mol. The minimum atomic E-state index is -0.684. The lowest BCUT2D eigenvalue weighted by Gasteiger charge is -2.11. The fraction of sp³-hybridized carbons (Fsp3) is 0.300. The Morgan fingerprint density at radius 1 is 1.04 bits per heavy atom. The van der Waals surface area contributed by atoms with Crippen LogP contribution in [0.4, 0.5) is 10.1 Å². The van der Waals surface area contributed by atoms with Gasteiger partial charge < -0.3 is 14.8 Å². The molecule has 1 N–H and O–H groups in total. The summed E-state index contributed by atoms with van der Waals surface area (Å²) >= 11 is 0. The van der Waals surface area contributed by atoms with E-state index in [4.69, 9.17) is 9.47 Å². The van der Waals surface area contributed by atoms with Gasteiger partial charge in [0.2, 0.25) is 0 Å². The largest absolute Gasteiger partial charge is 0.482 e. The molecule has 0 spiro atoms. The van der Waals surface area contributed by atoms with Gasteiger partial charge in [0.1, 0.15) is 11.6 Å². The van der Waals surface area contributed by atoms with Crippen molar-refractivity contribution in [3.63, 3.8) is 0 Å². The van der Waals surface area contributed by atoms with E-state index in [1.165, 1.54) is 29.8 Å². The topological polar surface area (TPSA) is 64.6 Å². The maximum Gasteiger partial charge on any atom is 0.344 e. The second kappa shape index (κ2) is 9.56. The van der Waals surface area contributed by atoms with E-state index in [0.29, 0.717) is 17.4 Å². The number of amides is 1. The second-order valence-corrected chi connectivity index (χ2v) is 5.88. The number of hydrogen-bond donors (Lipinski definition) is 1. The first-order valence-corrected chi connectivity index (χ1v) is 8.41. The summed E-state index contributed by atoms with van der Waals surface area (Å²) in [6.07, 6.45) is 1.04. The highest BCUT2D eigenvalue weighted by Gasteiger charge is 2.09.